The topological polar surface area (TPSA) is 35.8 Å². The molecule has 0 radical (unpaired) electrons. The van der Waals surface area contributed by atoms with Gasteiger partial charge in [0.2, 0.25) is 0 Å². The van der Waals surface area contributed by atoms with E-state index < -0.39 is 0 Å². The fourth-order valence-corrected chi connectivity index (χ4v) is 2.33. The molecular formula is C12H24N2O. The molecule has 3 nitrogen and oxygen atoms in total. The summed E-state index contributed by atoms with van der Waals surface area (Å²) in [6.07, 6.45) is 3.46. The first kappa shape index (κ1) is 12.5. The van der Waals surface area contributed by atoms with Gasteiger partial charge in [-0.15, -0.1) is 0 Å². The van der Waals surface area contributed by atoms with Gasteiger partial charge in [0.25, 0.3) is 0 Å². The molecule has 1 rings (SSSR count). The molecule has 1 aliphatic rings. The molecule has 0 saturated carbocycles. The molecule has 0 aliphatic carbocycles. The number of likely N-dealkylation sites (tertiary alicyclic amines) is 1. The third kappa shape index (κ3) is 3.49. The number of nitrogens with zero attached hydrogens (tertiary/aromatic N) is 2. The van der Waals surface area contributed by atoms with Gasteiger partial charge in [0, 0.05) is 32.0 Å². The van der Waals surface area contributed by atoms with E-state index in [0.29, 0.717) is 5.92 Å². The summed E-state index contributed by atoms with van der Waals surface area (Å²) in [4.78, 5) is 2.51. The van der Waals surface area contributed by atoms with Crippen molar-refractivity contribution in [1.29, 1.82) is 0 Å². The number of hydrogen-bond donors (Lipinski definition) is 1. The molecule has 1 fully saturated rings. The summed E-state index contributed by atoms with van der Waals surface area (Å²) >= 11 is 0. The van der Waals surface area contributed by atoms with Crippen LogP contribution in [-0.4, -0.2) is 35.5 Å². The summed E-state index contributed by atoms with van der Waals surface area (Å²) in [5.74, 6) is 1.24. The quantitative estimate of drug-likeness (QED) is 0.574. The van der Waals surface area contributed by atoms with Gasteiger partial charge in [0.1, 0.15) is 0 Å². The van der Waals surface area contributed by atoms with Crippen LogP contribution in [0.25, 0.3) is 0 Å². The van der Waals surface area contributed by atoms with Crippen LogP contribution < -0.4 is 0 Å². The van der Waals surface area contributed by atoms with Crippen LogP contribution in [0.3, 0.4) is 0 Å². The second-order valence-electron chi connectivity index (χ2n) is 4.68. The predicted octanol–water partition coefficient (Wildman–Crippen LogP) is 2.59. The van der Waals surface area contributed by atoms with Crippen LogP contribution >= 0.6 is 0 Å². The summed E-state index contributed by atoms with van der Waals surface area (Å²) in [5, 5.41) is 12.2. The molecule has 3 heteroatoms. The Morgan fingerprint density at radius 3 is 2.60 bits per heavy atom. The van der Waals surface area contributed by atoms with Crippen molar-refractivity contribution in [3.8, 4) is 0 Å². The maximum Gasteiger partial charge on any atom is 0.0624 e. The van der Waals surface area contributed by atoms with Crippen LogP contribution in [0.4, 0.5) is 0 Å². The molecule has 1 aliphatic heterocycles. The van der Waals surface area contributed by atoms with Crippen LogP contribution in [0, 0.1) is 11.8 Å². The van der Waals surface area contributed by atoms with Gasteiger partial charge < -0.3 is 10.1 Å². The van der Waals surface area contributed by atoms with E-state index in [0.717, 1.165) is 31.1 Å². The first-order valence-electron chi connectivity index (χ1n) is 6.14. The van der Waals surface area contributed by atoms with Crippen LogP contribution in [-0.2, 0) is 0 Å². The van der Waals surface area contributed by atoms with E-state index >= 15 is 0 Å². The van der Waals surface area contributed by atoms with Crippen LogP contribution in [0.15, 0.2) is 5.16 Å². The molecule has 0 aromatic carbocycles. The van der Waals surface area contributed by atoms with E-state index in [2.05, 4.69) is 30.8 Å². The van der Waals surface area contributed by atoms with Gasteiger partial charge in [0.05, 0.1) is 5.71 Å². The van der Waals surface area contributed by atoms with Gasteiger partial charge in [-0.1, -0.05) is 38.8 Å². The Kier molecular flexibility index (Phi) is 5.09. The molecular weight excluding hydrogens is 188 g/mol. The fraction of sp³-hybridized carbons (Fsp3) is 0.917. The molecule has 0 aromatic rings. The van der Waals surface area contributed by atoms with Crippen molar-refractivity contribution in [3.63, 3.8) is 0 Å². The molecule has 0 bridgehead atoms. The van der Waals surface area contributed by atoms with Crippen molar-refractivity contribution in [1.82, 2.24) is 4.90 Å². The smallest absolute Gasteiger partial charge is 0.0624 e. The van der Waals surface area contributed by atoms with Crippen LogP contribution in [0.1, 0.15) is 40.0 Å². The second kappa shape index (κ2) is 6.11. The summed E-state index contributed by atoms with van der Waals surface area (Å²) in [6.45, 7) is 9.99. The van der Waals surface area contributed by atoms with E-state index in [9.17, 15) is 0 Å². The normalized spacial score (nSPS) is 26.4. The van der Waals surface area contributed by atoms with Crippen molar-refractivity contribution < 1.29 is 5.21 Å². The minimum atomic E-state index is 0.415. The minimum absolute atomic E-state index is 0.415. The number of rotatable bonds is 4. The van der Waals surface area contributed by atoms with Crippen molar-refractivity contribution in [3.05, 3.63) is 0 Å². The maximum atomic E-state index is 8.79. The Hall–Kier alpha value is -0.570. The molecule has 0 amide bonds. The molecule has 1 saturated heterocycles. The van der Waals surface area contributed by atoms with E-state index in [1.807, 2.05) is 0 Å². The largest absolute Gasteiger partial charge is 0.411 e. The fourth-order valence-electron chi connectivity index (χ4n) is 2.33. The van der Waals surface area contributed by atoms with Gasteiger partial charge in [0.15, 0.2) is 0 Å². The first-order valence-corrected chi connectivity index (χ1v) is 6.14. The second-order valence-corrected chi connectivity index (χ2v) is 4.68. The van der Waals surface area contributed by atoms with Gasteiger partial charge >= 0.3 is 0 Å². The zero-order chi connectivity index (χ0) is 11.3. The van der Waals surface area contributed by atoms with E-state index in [1.165, 1.54) is 19.4 Å². The summed E-state index contributed by atoms with van der Waals surface area (Å²) in [6, 6.07) is 0. The lowest BCUT2D eigenvalue weighted by Gasteiger charge is -2.33. The molecule has 0 spiro atoms. The van der Waals surface area contributed by atoms with E-state index in [4.69, 9.17) is 5.21 Å². The van der Waals surface area contributed by atoms with E-state index in [1.54, 1.807) is 0 Å². The molecule has 88 valence electrons. The Morgan fingerprint density at radius 1 is 1.47 bits per heavy atom. The summed E-state index contributed by atoms with van der Waals surface area (Å²) in [7, 11) is 0. The lowest BCUT2D eigenvalue weighted by atomic mass is 9.95. The standard InChI is InChI=1S/C12H24N2O/c1-4-11(5-2)9-14-7-6-12(13-15)10(3)8-14/h10-11,15H,4-9H2,1-3H3. The first-order chi connectivity index (χ1) is 7.21. The molecule has 1 heterocycles. The van der Waals surface area contributed by atoms with Crippen molar-refractivity contribution in [2.24, 2.45) is 17.0 Å². The number of piperidine rings is 1. The van der Waals surface area contributed by atoms with Gasteiger partial charge in [-0.2, -0.15) is 0 Å². The summed E-state index contributed by atoms with van der Waals surface area (Å²) < 4.78 is 0. The van der Waals surface area contributed by atoms with Crippen LogP contribution in [0.2, 0.25) is 0 Å². The number of hydrogen-bond acceptors (Lipinski definition) is 3. The highest BCUT2D eigenvalue weighted by Gasteiger charge is 2.23. The van der Waals surface area contributed by atoms with E-state index in [-0.39, 0.29) is 0 Å². The monoisotopic (exact) mass is 212 g/mol. The van der Waals surface area contributed by atoms with Gasteiger partial charge in [-0.05, 0) is 5.92 Å². The van der Waals surface area contributed by atoms with Gasteiger partial charge in [-0.25, -0.2) is 0 Å². The average molecular weight is 212 g/mol. The predicted molar refractivity (Wildman–Crippen MR) is 63.5 cm³/mol. The van der Waals surface area contributed by atoms with Crippen molar-refractivity contribution in [2.75, 3.05) is 19.6 Å². The summed E-state index contributed by atoms with van der Waals surface area (Å²) in [5.41, 5.74) is 0.968. The molecule has 1 unspecified atom stereocenters. The zero-order valence-electron chi connectivity index (χ0n) is 10.2. The number of oxime groups is 1. The molecule has 1 atom stereocenters. The third-order valence-corrected chi connectivity index (χ3v) is 3.58. The third-order valence-electron chi connectivity index (χ3n) is 3.58. The average Bonchev–Trinajstić information content (AvgIpc) is 2.26. The highest BCUT2D eigenvalue weighted by Crippen LogP contribution is 2.17. The van der Waals surface area contributed by atoms with Gasteiger partial charge in [-0.3, -0.25) is 0 Å². The van der Waals surface area contributed by atoms with Crippen molar-refractivity contribution >= 4 is 5.71 Å². The maximum absolute atomic E-state index is 8.79. The van der Waals surface area contributed by atoms with Crippen molar-refractivity contribution in [2.45, 2.75) is 40.0 Å². The SMILES string of the molecule is CCC(CC)CN1CCC(=NO)C(C)C1. The lowest BCUT2D eigenvalue weighted by molar-refractivity contribution is 0.198. The Bertz CT molecular complexity index is 212. The molecule has 1 N–H and O–H groups in total. The zero-order valence-corrected chi connectivity index (χ0v) is 10.2. The minimum Gasteiger partial charge on any atom is -0.411 e. The van der Waals surface area contributed by atoms with Crippen LogP contribution in [0.5, 0.6) is 0 Å². The lowest BCUT2D eigenvalue weighted by Crippen LogP contribution is -2.41. The Labute approximate surface area is 93.2 Å². The highest BCUT2D eigenvalue weighted by atomic mass is 16.4. The molecule has 15 heavy (non-hydrogen) atoms. The Morgan fingerprint density at radius 2 is 2.13 bits per heavy atom. The highest BCUT2D eigenvalue weighted by molar-refractivity contribution is 5.86. The molecule has 0 aromatic heterocycles. The Balaban J connectivity index is 2.40.